The van der Waals surface area contributed by atoms with Crippen molar-refractivity contribution in [2.24, 2.45) is 23.2 Å². The van der Waals surface area contributed by atoms with Crippen molar-refractivity contribution in [3.05, 3.63) is 135 Å². The highest BCUT2D eigenvalue weighted by atomic mass is 14.7. The Kier molecular flexibility index (Phi) is 6.29. The average Bonchev–Trinajstić information content (AvgIpc) is 3.34. The molecule has 1 aromatic heterocycles. The summed E-state index contributed by atoms with van der Waals surface area (Å²) in [4.78, 5) is 5.55. The molecule has 9 rings (SSSR count). The number of rotatable bonds is 2. The molecule has 0 spiro atoms. The number of benzene rings is 2. The van der Waals surface area contributed by atoms with Gasteiger partial charge in [0, 0.05) is 33.9 Å². The van der Waals surface area contributed by atoms with E-state index in [1.807, 2.05) is 0 Å². The third-order valence-electron chi connectivity index (χ3n) is 13.0. The smallest absolute Gasteiger partial charge is 0.0705 e. The van der Waals surface area contributed by atoms with Gasteiger partial charge in [0.05, 0.1) is 5.69 Å². The largest absolute Gasteiger partial charge is 0.252 e. The Morgan fingerprint density at radius 2 is 1.70 bits per heavy atom. The second-order valence-corrected chi connectivity index (χ2v) is 16.2. The highest BCUT2D eigenvalue weighted by Crippen LogP contribution is 2.56. The number of hydrogen-bond acceptors (Lipinski definition) is 1. The molecule has 4 atom stereocenters. The van der Waals surface area contributed by atoms with Crippen molar-refractivity contribution < 1.29 is 0 Å². The molecule has 2 aromatic carbocycles. The van der Waals surface area contributed by atoms with Crippen LogP contribution in [0.2, 0.25) is 0 Å². The fourth-order valence-corrected chi connectivity index (χ4v) is 10.4. The van der Waals surface area contributed by atoms with Gasteiger partial charge >= 0.3 is 0 Å². The molecule has 6 aliphatic rings. The van der Waals surface area contributed by atoms with Gasteiger partial charge in [-0.05, 0) is 113 Å². The third kappa shape index (κ3) is 4.09. The highest BCUT2D eigenvalue weighted by molar-refractivity contribution is 5.83. The zero-order valence-corrected chi connectivity index (χ0v) is 28.3. The molecule has 1 nitrogen and oxygen atoms in total. The number of fused-ring (bicyclic) bond motifs is 7. The summed E-state index contributed by atoms with van der Waals surface area (Å²) < 4.78 is 0. The van der Waals surface area contributed by atoms with Gasteiger partial charge in [-0.25, -0.2) is 0 Å². The topological polar surface area (TPSA) is 12.9 Å². The van der Waals surface area contributed by atoms with Crippen molar-refractivity contribution >= 4 is 0 Å². The Hall–Kier alpha value is -3.71. The predicted molar refractivity (Wildman–Crippen MR) is 192 cm³/mol. The van der Waals surface area contributed by atoms with Crippen LogP contribution >= 0.6 is 0 Å². The summed E-state index contributed by atoms with van der Waals surface area (Å²) >= 11 is 0. The van der Waals surface area contributed by atoms with Gasteiger partial charge in [0.1, 0.15) is 0 Å². The van der Waals surface area contributed by atoms with Crippen molar-refractivity contribution in [2.75, 3.05) is 0 Å². The summed E-state index contributed by atoms with van der Waals surface area (Å²) in [6.07, 6.45) is 21.0. The second-order valence-electron chi connectivity index (χ2n) is 16.2. The van der Waals surface area contributed by atoms with Crippen LogP contribution < -0.4 is 0 Å². The Balaban J connectivity index is 0.997. The number of aromatic nitrogens is 1. The number of aryl methyl sites for hydroxylation is 1. The fraction of sp³-hybridized carbons (Fsp3) is 0.400. The standard InChI is InChI=1S/C45H47N/c1-27-24-37-28(16-20-32(27)30-17-21-35-33-10-6-8-12-38(33)44(2,3)40(35)25-30)14-15-29-19-23-42(46-43(29)37)31-18-22-36-34-11-7-9-13-39(34)45(4,5)41(36)26-31/h7-9,11-13,17-23,26-28,30,37H,6,10,14-16,24-25H2,1-5H3. The number of hydrogen-bond donors (Lipinski definition) is 0. The maximum absolute atomic E-state index is 5.55. The molecule has 1 heteroatoms. The molecular formula is C45H47N. The molecule has 0 radical (unpaired) electrons. The van der Waals surface area contributed by atoms with Crippen molar-refractivity contribution in [2.45, 2.75) is 90.9 Å². The molecule has 0 saturated heterocycles. The minimum Gasteiger partial charge on any atom is -0.252 e. The molecule has 0 saturated carbocycles. The lowest BCUT2D eigenvalue weighted by molar-refractivity contribution is 0.335. The van der Waals surface area contributed by atoms with Gasteiger partial charge < -0.3 is 0 Å². The van der Waals surface area contributed by atoms with Crippen LogP contribution in [0.4, 0.5) is 0 Å². The molecule has 1 heterocycles. The van der Waals surface area contributed by atoms with E-state index in [0.717, 1.165) is 12.1 Å². The number of pyridine rings is 1. The Bertz CT molecular complexity index is 1950. The third-order valence-corrected chi connectivity index (χ3v) is 13.0. The lowest BCUT2D eigenvalue weighted by Gasteiger charge is -2.34. The van der Waals surface area contributed by atoms with Gasteiger partial charge in [-0.1, -0.05) is 119 Å². The van der Waals surface area contributed by atoms with E-state index in [4.69, 9.17) is 4.98 Å². The van der Waals surface area contributed by atoms with Crippen LogP contribution in [0.1, 0.15) is 101 Å². The Morgan fingerprint density at radius 1 is 0.848 bits per heavy atom. The van der Waals surface area contributed by atoms with Crippen LogP contribution in [-0.4, -0.2) is 4.98 Å². The van der Waals surface area contributed by atoms with Gasteiger partial charge in [0.25, 0.3) is 0 Å². The molecule has 46 heavy (non-hydrogen) atoms. The van der Waals surface area contributed by atoms with Crippen LogP contribution in [0.5, 0.6) is 0 Å². The maximum Gasteiger partial charge on any atom is 0.0705 e. The maximum atomic E-state index is 5.55. The molecule has 3 aromatic rings. The first-order chi connectivity index (χ1) is 22.2. The van der Waals surface area contributed by atoms with Crippen molar-refractivity contribution in [3.8, 4) is 22.4 Å². The zero-order valence-electron chi connectivity index (χ0n) is 28.3. The molecule has 0 amide bonds. The average molecular weight is 602 g/mol. The first kappa shape index (κ1) is 28.5. The SMILES string of the molecule is CC1CC2c3nc(-c4ccc5c(c4)C(C)(C)c4ccccc4-5)ccc3CCC2CC=C1C1C=CC2=C(C1)C(C)(C)C1=C2CCC=C1. The summed E-state index contributed by atoms with van der Waals surface area (Å²) in [5, 5.41) is 0. The zero-order chi connectivity index (χ0) is 31.4. The molecule has 4 unspecified atom stereocenters. The van der Waals surface area contributed by atoms with E-state index in [1.54, 1.807) is 27.9 Å². The summed E-state index contributed by atoms with van der Waals surface area (Å²) in [6.45, 7) is 12.2. The lowest BCUT2D eigenvalue weighted by Crippen LogP contribution is -2.23. The molecule has 0 N–H and O–H groups in total. The van der Waals surface area contributed by atoms with Gasteiger partial charge in [0.15, 0.2) is 0 Å². The fourth-order valence-electron chi connectivity index (χ4n) is 10.4. The summed E-state index contributed by atoms with van der Waals surface area (Å²) in [5.41, 5.74) is 19.2. The van der Waals surface area contributed by atoms with E-state index < -0.39 is 0 Å². The van der Waals surface area contributed by atoms with Gasteiger partial charge in [-0.15, -0.1) is 0 Å². The molecule has 6 aliphatic carbocycles. The van der Waals surface area contributed by atoms with E-state index in [2.05, 4.69) is 120 Å². The van der Waals surface area contributed by atoms with Gasteiger partial charge in [-0.2, -0.15) is 0 Å². The van der Waals surface area contributed by atoms with E-state index in [9.17, 15) is 0 Å². The summed E-state index contributed by atoms with van der Waals surface area (Å²) in [6, 6.07) is 20.7. The van der Waals surface area contributed by atoms with Gasteiger partial charge in [0.2, 0.25) is 0 Å². The van der Waals surface area contributed by atoms with Crippen LogP contribution in [0.25, 0.3) is 22.4 Å². The second kappa shape index (κ2) is 10.1. The minimum atomic E-state index is 0.00417. The molecule has 0 bridgehead atoms. The van der Waals surface area contributed by atoms with Crippen molar-refractivity contribution in [3.63, 3.8) is 0 Å². The summed E-state index contributed by atoms with van der Waals surface area (Å²) in [5.74, 6) is 2.31. The lowest BCUT2D eigenvalue weighted by atomic mass is 9.71. The number of allylic oxidation sites excluding steroid dienone is 10. The normalized spacial score (nSPS) is 28.1. The summed E-state index contributed by atoms with van der Waals surface area (Å²) in [7, 11) is 0. The highest BCUT2D eigenvalue weighted by Gasteiger charge is 2.42. The predicted octanol–water partition coefficient (Wildman–Crippen LogP) is 11.6. The minimum absolute atomic E-state index is 0.00417. The Labute approximate surface area is 276 Å². The first-order valence-corrected chi connectivity index (χ1v) is 18.0. The van der Waals surface area contributed by atoms with E-state index in [0.29, 0.717) is 23.7 Å². The number of nitrogens with zero attached hydrogens (tertiary/aromatic N) is 1. The van der Waals surface area contributed by atoms with Crippen LogP contribution in [0, 0.1) is 23.2 Å². The first-order valence-electron chi connectivity index (χ1n) is 18.0. The van der Waals surface area contributed by atoms with Crippen LogP contribution in [-0.2, 0) is 11.8 Å². The van der Waals surface area contributed by atoms with Crippen LogP contribution in [0.15, 0.2) is 113 Å². The quantitative estimate of drug-likeness (QED) is 0.266. The van der Waals surface area contributed by atoms with Crippen molar-refractivity contribution in [1.29, 1.82) is 0 Å². The molecular weight excluding hydrogens is 555 g/mol. The van der Waals surface area contributed by atoms with Crippen LogP contribution in [0.3, 0.4) is 0 Å². The van der Waals surface area contributed by atoms with E-state index >= 15 is 0 Å². The van der Waals surface area contributed by atoms with Crippen molar-refractivity contribution in [1.82, 2.24) is 4.98 Å². The molecule has 0 aliphatic heterocycles. The van der Waals surface area contributed by atoms with Gasteiger partial charge in [-0.3, -0.25) is 4.98 Å². The Morgan fingerprint density at radius 3 is 2.59 bits per heavy atom. The van der Waals surface area contributed by atoms with E-state index in [-0.39, 0.29) is 10.8 Å². The van der Waals surface area contributed by atoms with E-state index in [1.165, 1.54) is 77.6 Å². The molecule has 232 valence electrons. The molecule has 0 fully saturated rings. The monoisotopic (exact) mass is 601 g/mol.